The van der Waals surface area contributed by atoms with Crippen molar-refractivity contribution in [3.05, 3.63) is 46.0 Å². The summed E-state index contributed by atoms with van der Waals surface area (Å²) >= 11 is 0. The molecule has 1 saturated carbocycles. The fourth-order valence-corrected chi connectivity index (χ4v) is 3.97. The lowest BCUT2D eigenvalue weighted by atomic mass is 9.90. The van der Waals surface area contributed by atoms with Gasteiger partial charge >= 0.3 is 0 Å². The summed E-state index contributed by atoms with van der Waals surface area (Å²) in [5, 5.41) is 0. The molecule has 1 aliphatic heterocycles. The van der Waals surface area contributed by atoms with Gasteiger partial charge in [0.15, 0.2) is 0 Å². The number of hydrogen-bond donors (Lipinski definition) is 0. The average molecular weight is 313 g/mol. The van der Waals surface area contributed by atoms with Crippen molar-refractivity contribution in [1.82, 2.24) is 14.3 Å². The smallest absolute Gasteiger partial charge is 0.258 e. The van der Waals surface area contributed by atoms with E-state index < -0.39 is 0 Å². The van der Waals surface area contributed by atoms with E-state index in [9.17, 15) is 4.79 Å². The number of rotatable bonds is 2. The number of nitrogens with zero attached hydrogens (tertiary/aromatic N) is 3. The molecule has 2 aromatic heterocycles. The predicted octanol–water partition coefficient (Wildman–Crippen LogP) is 2.15. The Labute approximate surface area is 135 Å². The highest BCUT2D eigenvalue weighted by molar-refractivity contribution is 5.46. The molecular formula is C18H23N3O2. The van der Waals surface area contributed by atoms with Gasteiger partial charge in [-0.25, -0.2) is 4.98 Å². The fraction of sp³-hybridized carbons (Fsp3) is 0.556. The number of hydrogen-bond acceptors (Lipinski definition) is 4. The summed E-state index contributed by atoms with van der Waals surface area (Å²) in [6.07, 6.45) is 7.04. The van der Waals surface area contributed by atoms with E-state index in [1.54, 1.807) is 16.7 Å². The number of aryl methyl sites for hydroxylation is 1. The number of fused-ring (bicyclic) bond motifs is 2. The zero-order valence-corrected chi connectivity index (χ0v) is 13.6. The Morgan fingerprint density at radius 1 is 1.35 bits per heavy atom. The minimum absolute atomic E-state index is 0.00199. The first-order valence-corrected chi connectivity index (χ1v) is 8.56. The van der Waals surface area contributed by atoms with E-state index in [0.717, 1.165) is 43.0 Å². The minimum atomic E-state index is 0.00199. The van der Waals surface area contributed by atoms with Crippen LogP contribution in [-0.2, 0) is 11.3 Å². The Hall–Kier alpha value is -1.72. The zero-order valence-electron chi connectivity index (χ0n) is 13.6. The topological polar surface area (TPSA) is 46.8 Å². The van der Waals surface area contributed by atoms with E-state index in [0.29, 0.717) is 12.1 Å². The van der Waals surface area contributed by atoms with Crippen molar-refractivity contribution in [2.24, 2.45) is 0 Å². The van der Waals surface area contributed by atoms with Crippen LogP contribution in [0.1, 0.15) is 36.9 Å². The fourth-order valence-electron chi connectivity index (χ4n) is 3.97. The SMILES string of the molecule is Cc1cccn2c(=O)cc(CN3CCOC4CCCCC43)nc12. The maximum atomic E-state index is 12.4. The molecule has 5 heteroatoms. The number of ether oxygens (including phenoxy) is 1. The lowest BCUT2D eigenvalue weighted by molar-refractivity contribution is -0.0914. The van der Waals surface area contributed by atoms with Gasteiger partial charge in [0.1, 0.15) is 5.65 Å². The third-order valence-electron chi connectivity index (χ3n) is 5.15. The van der Waals surface area contributed by atoms with Crippen LogP contribution in [0.25, 0.3) is 5.65 Å². The lowest BCUT2D eigenvalue weighted by Crippen LogP contribution is -2.52. The molecule has 2 fully saturated rings. The van der Waals surface area contributed by atoms with Crippen molar-refractivity contribution in [3.63, 3.8) is 0 Å². The summed E-state index contributed by atoms with van der Waals surface area (Å²) in [5.41, 5.74) is 2.67. The van der Waals surface area contributed by atoms with Gasteiger partial charge in [-0.1, -0.05) is 18.9 Å². The van der Waals surface area contributed by atoms with Crippen LogP contribution in [0.2, 0.25) is 0 Å². The van der Waals surface area contributed by atoms with Crippen molar-refractivity contribution >= 4 is 5.65 Å². The summed E-state index contributed by atoms with van der Waals surface area (Å²) in [6.45, 7) is 4.45. The third-order valence-corrected chi connectivity index (χ3v) is 5.15. The first-order valence-electron chi connectivity index (χ1n) is 8.56. The highest BCUT2D eigenvalue weighted by atomic mass is 16.5. The Kier molecular flexibility index (Phi) is 3.91. The number of aromatic nitrogens is 2. The minimum Gasteiger partial charge on any atom is -0.375 e. The molecule has 3 heterocycles. The van der Waals surface area contributed by atoms with Crippen LogP contribution in [-0.4, -0.2) is 39.6 Å². The average Bonchev–Trinajstić information content (AvgIpc) is 2.56. The molecule has 2 atom stereocenters. The van der Waals surface area contributed by atoms with E-state index >= 15 is 0 Å². The van der Waals surface area contributed by atoms with Gasteiger partial charge in [-0.2, -0.15) is 0 Å². The van der Waals surface area contributed by atoms with Gasteiger partial charge in [0.05, 0.1) is 18.4 Å². The first-order chi connectivity index (χ1) is 11.2. The van der Waals surface area contributed by atoms with Gasteiger partial charge in [-0.15, -0.1) is 0 Å². The molecule has 122 valence electrons. The van der Waals surface area contributed by atoms with Crippen LogP contribution in [0.15, 0.2) is 29.2 Å². The molecule has 2 aromatic rings. The van der Waals surface area contributed by atoms with E-state index in [1.807, 2.05) is 19.1 Å². The summed E-state index contributed by atoms with van der Waals surface area (Å²) in [7, 11) is 0. The van der Waals surface area contributed by atoms with Gasteiger partial charge < -0.3 is 4.74 Å². The molecule has 5 nitrogen and oxygen atoms in total. The number of morpholine rings is 1. The van der Waals surface area contributed by atoms with Crippen LogP contribution >= 0.6 is 0 Å². The van der Waals surface area contributed by atoms with Gasteiger partial charge in [0, 0.05) is 31.4 Å². The molecule has 2 aliphatic rings. The van der Waals surface area contributed by atoms with Crippen LogP contribution in [0.4, 0.5) is 0 Å². The van der Waals surface area contributed by atoms with Crippen LogP contribution in [0.3, 0.4) is 0 Å². The van der Waals surface area contributed by atoms with Crippen LogP contribution in [0, 0.1) is 6.92 Å². The first kappa shape index (κ1) is 14.8. The molecule has 0 bridgehead atoms. The molecule has 1 saturated heterocycles. The van der Waals surface area contributed by atoms with Crippen molar-refractivity contribution in [1.29, 1.82) is 0 Å². The van der Waals surface area contributed by atoms with E-state index in [1.165, 1.54) is 19.3 Å². The molecule has 0 amide bonds. The summed E-state index contributed by atoms with van der Waals surface area (Å²) in [4.78, 5) is 19.6. The molecule has 1 aliphatic carbocycles. The Morgan fingerprint density at radius 3 is 3.13 bits per heavy atom. The molecule has 2 unspecified atom stereocenters. The monoisotopic (exact) mass is 313 g/mol. The summed E-state index contributed by atoms with van der Waals surface area (Å²) < 4.78 is 7.56. The van der Waals surface area contributed by atoms with Gasteiger partial charge in [-0.05, 0) is 31.4 Å². The van der Waals surface area contributed by atoms with Crippen molar-refractivity contribution in [3.8, 4) is 0 Å². The Balaban J connectivity index is 1.64. The van der Waals surface area contributed by atoms with E-state index in [2.05, 4.69) is 4.90 Å². The van der Waals surface area contributed by atoms with Crippen LogP contribution in [0.5, 0.6) is 0 Å². The summed E-state index contributed by atoms with van der Waals surface area (Å²) in [5.74, 6) is 0. The lowest BCUT2D eigenvalue weighted by Gasteiger charge is -2.43. The third kappa shape index (κ3) is 2.79. The second kappa shape index (κ2) is 6.06. The maximum Gasteiger partial charge on any atom is 0.258 e. The van der Waals surface area contributed by atoms with Crippen molar-refractivity contribution in [2.75, 3.05) is 13.2 Å². The highest BCUT2D eigenvalue weighted by Gasteiger charge is 2.34. The maximum absolute atomic E-state index is 12.4. The number of pyridine rings is 1. The molecular weight excluding hydrogens is 290 g/mol. The second-order valence-corrected chi connectivity index (χ2v) is 6.70. The quantitative estimate of drug-likeness (QED) is 0.852. The highest BCUT2D eigenvalue weighted by Crippen LogP contribution is 2.29. The second-order valence-electron chi connectivity index (χ2n) is 6.70. The normalized spacial score (nSPS) is 25.4. The molecule has 0 N–H and O–H groups in total. The molecule has 23 heavy (non-hydrogen) atoms. The molecule has 4 rings (SSSR count). The van der Waals surface area contributed by atoms with Gasteiger partial charge in [-0.3, -0.25) is 14.1 Å². The Morgan fingerprint density at radius 2 is 2.22 bits per heavy atom. The van der Waals surface area contributed by atoms with Crippen molar-refractivity contribution < 1.29 is 4.74 Å². The standard InChI is InChI=1S/C18H23N3O2/c1-13-5-4-8-21-17(22)11-14(19-18(13)21)12-20-9-10-23-16-7-3-2-6-15(16)20/h4-5,8,11,15-16H,2-3,6-7,9-10,12H2,1H3. The van der Waals surface area contributed by atoms with Gasteiger partial charge in [0.25, 0.3) is 5.56 Å². The predicted molar refractivity (Wildman–Crippen MR) is 88.6 cm³/mol. The largest absolute Gasteiger partial charge is 0.375 e. The summed E-state index contributed by atoms with van der Waals surface area (Å²) in [6, 6.07) is 6.05. The van der Waals surface area contributed by atoms with Crippen molar-refractivity contribution in [2.45, 2.75) is 51.3 Å². The molecule has 0 spiro atoms. The zero-order chi connectivity index (χ0) is 15.8. The van der Waals surface area contributed by atoms with Crippen LogP contribution < -0.4 is 5.56 Å². The van der Waals surface area contributed by atoms with Gasteiger partial charge in [0.2, 0.25) is 0 Å². The van der Waals surface area contributed by atoms with E-state index in [-0.39, 0.29) is 5.56 Å². The van der Waals surface area contributed by atoms with E-state index in [4.69, 9.17) is 9.72 Å². The molecule has 0 aromatic carbocycles. The Bertz CT molecular complexity index is 768. The molecule has 0 radical (unpaired) electrons.